The van der Waals surface area contributed by atoms with Gasteiger partial charge in [-0.1, -0.05) is 19.4 Å². The van der Waals surface area contributed by atoms with Crippen molar-refractivity contribution in [2.75, 3.05) is 6.61 Å². The predicted octanol–water partition coefficient (Wildman–Crippen LogP) is 2.07. The number of aliphatic imine (C=N–C) groups is 1. The molecule has 0 amide bonds. The zero-order valence-electron chi connectivity index (χ0n) is 17.4. The fraction of sp³-hybridized carbons (Fsp3) is 0.571. The lowest BCUT2D eigenvalue weighted by atomic mass is 10.1. The van der Waals surface area contributed by atoms with Gasteiger partial charge in [-0.2, -0.15) is 0 Å². The standard InChI is InChI=1S/C21H30N4O3S/c1-5-12-8-15-17(13(6-2)23-12)25-21(29-15)16(10(3)4)20(22)24-14-7-11(9-26)18(27)19(14)28/h8,11,14,18-19,26-28H,5-7,9H2,1-4H3,(H2,22,24)/t11-,14-,18-,19+/m1/s1. The third-order valence-corrected chi connectivity index (χ3v) is 6.50. The largest absolute Gasteiger partial charge is 0.396 e. The number of thiazole rings is 1. The van der Waals surface area contributed by atoms with Gasteiger partial charge in [0.25, 0.3) is 0 Å². The van der Waals surface area contributed by atoms with Crippen molar-refractivity contribution in [3.63, 3.8) is 0 Å². The number of nitrogens with zero attached hydrogens (tertiary/aromatic N) is 3. The van der Waals surface area contributed by atoms with Gasteiger partial charge < -0.3 is 21.1 Å². The Morgan fingerprint density at radius 1 is 1.21 bits per heavy atom. The molecule has 0 radical (unpaired) electrons. The average Bonchev–Trinajstić information content (AvgIpc) is 3.22. The normalized spacial score (nSPS) is 25.0. The Morgan fingerprint density at radius 3 is 2.48 bits per heavy atom. The van der Waals surface area contributed by atoms with E-state index < -0.39 is 24.2 Å². The van der Waals surface area contributed by atoms with Gasteiger partial charge in [0.2, 0.25) is 0 Å². The summed E-state index contributed by atoms with van der Waals surface area (Å²) < 4.78 is 1.08. The number of aliphatic hydroxyl groups excluding tert-OH is 3. The molecule has 0 aliphatic heterocycles. The molecule has 1 fully saturated rings. The Morgan fingerprint density at radius 2 is 1.93 bits per heavy atom. The molecule has 1 saturated carbocycles. The second-order valence-corrected chi connectivity index (χ2v) is 8.78. The first-order chi connectivity index (χ1) is 13.8. The average molecular weight is 419 g/mol. The third kappa shape index (κ3) is 4.21. The number of hydrogen-bond donors (Lipinski definition) is 4. The molecule has 7 nitrogen and oxygen atoms in total. The molecule has 1 aliphatic carbocycles. The van der Waals surface area contributed by atoms with Crippen LogP contribution in [0.15, 0.2) is 16.6 Å². The summed E-state index contributed by atoms with van der Waals surface area (Å²) in [5.74, 6) is -0.101. The first kappa shape index (κ1) is 21.8. The molecule has 0 unspecified atom stereocenters. The van der Waals surface area contributed by atoms with E-state index in [1.54, 1.807) is 11.3 Å². The lowest BCUT2D eigenvalue weighted by molar-refractivity contribution is 0.00320. The molecule has 0 bridgehead atoms. The fourth-order valence-electron chi connectivity index (χ4n) is 3.81. The summed E-state index contributed by atoms with van der Waals surface area (Å²) in [5, 5.41) is 30.5. The molecule has 2 aromatic rings. The number of nitrogens with two attached hydrogens (primary N) is 1. The Bertz CT molecular complexity index is 949. The van der Waals surface area contributed by atoms with E-state index in [-0.39, 0.29) is 6.61 Å². The fourth-order valence-corrected chi connectivity index (χ4v) is 5.02. The number of pyridine rings is 1. The summed E-state index contributed by atoms with van der Waals surface area (Å²) in [6.07, 6.45) is 0.0190. The van der Waals surface area contributed by atoms with Crippen molar-refractivity contribution in [3.05, 3.63) is 28.0 Å². The molecule has 3 rings (SSSR count). The summed E-state index contributed by atoms with van der Waals surface area (Å²) in [5.41, 5.74) is 11.0. The quantitative estimate of drug-likeness (QED) is 0.420. The van der Waals surface area contributed by atoms with E-state index in [1.807, 2.05) is 13.8 Å². The minimum Gasteiger partial charge on any atom is -0.396 e. The van der Waals surface area contributed by atoms with Gasteiger partial charge >= 0.3 is 0 Å². The van der Waals surface area contributed by atoms with Crippen molar-refractivity contribution in [3.8, 4) is 0 Å². The van der Waals surface area contributed by atoms with E-state index in [9.17, 15) is 15.3 Å². The smallest absolute Gasteiger partial charge is 0.128 e. The Hall–Kier alpha value is -1.87. The van der Waals surface area contributed by atoms with Crippen LogP contribution in [0.3, 0.4) is 0 Å². The van der Waals surface area contributed by atoms with Crippen LogP contribution >= 0.6 is 11.3 Å². The van der Waals surface area contributed by atoms with Crippen LogP contribution in [0.2, 0.25) is 0 Å². The lowest BCUT2D eigenvalue weighted by Crippen LogP contribution is -2.32. The topological polar surface area (TPSA) is 125 Å². The van der Waals surface area contributed by atoms with Crippen molar-refractivity contribution < 1.29 is 15.3 Å². The van der Waals surface area contributed by atoms with Gasteiger partial charge in [0.15, 0.2) is 0 Å². The van der Waals surface area contributed by atoms with E-state index >= 15 is 0 Å². The number of aryl methyl sites for hydroxylation is 2. The maximum atomic E-state index is 10.3. The number of aliphatic hydroxyl groups is 3. The number of allylic oxidation sites excluding steroid dienone is 1. The molecule has 5 N–H and O–H groups in total. The Labute approximate surface area is 175 Å². The molecule has 29 heavy (non-hydrogen) atoms. The van der Waals surface area contributed by atoms with Crippen LogP contribution in [0.5, 0.6) is 0 Å². The van der Waals surface area contributed by atoms with E-state index in [2.05, 4.69) is 24.9 Å². The summed E-state index contributed by atoms with van der Waals surface area (Å²) in [6, 6.07) is 1.53. The zero-order chi connectivity index (χ0) is 21.3. The van der Waals surface area contributed by atoms with Crippen LogP contribution in [0.25, 0.3) is 15.8 Å². The van der Waals surface area contributed by atoms with Crippen molar-refractivity contribution in [2.45, 2.75) is 65.2 Å². The van der Waals surface area contributed by atoms with E-state index in [0.717, 1.165) is 50.6 Å². The van der Waals surface area contributed by atoms with E-state index in [0.29, 0.717) is 12.3 Å². The number of aromatic nitrogens is 2. The minimum absolute atomic E-state index is 0.190. The molecule has 0 aromatic carbocycles. The van der Waals surface area contributed by atoms with Gasteiger partial charge in [0, 0.05) is 18.2 Å². The van der Waals surface area contributed by atoms with E-state index in [4.69, 9.17) is 15.7 Å². The van der Waals surface area contributed by atoms with Gasteiger partial charge in [0.1, 0.15) is 22.5 Å². The molecular weight excluding hydrogens is 388 g/mol. The molecule has 158 valence electrons. The first-order valence-electron chi connectivity index (χ1n) is 10.1. The van der Waals surface area contributed by atoms with Crippen LogP contribution in [0.4, 0.5) is 0 Å². The van der Waals surface area contributed by atoms with Crippen LogP contribution in [-0.2, 0) is 12.8 Å². The number of fused-ring (bicyclic) bond motifs is 1. The lowest BCUT2D eigenvalue weighted by Gasteiger charge is -2.15. The van der Waals surface area contributed by atoms with Crippen LogP contribution in [0, 0.1) is 5.92 Å². The molecular formula is C21H30N4O3S. The van der Waals surface area contributed by atoms with Crippen molar-refractivity contribution in [1.29, 1.82) is 0 Å². The maximum Gasteiger partial charge on any atom is 0.128 e. The number of amidine groups is 1. The van der Waals surface area contributed by atoms with Gasteiger partial charge in [-0.15, -0.1) is 11.3 Å². The second kappa shape index (κ2) is 8.87. The second-order valence-electron chi connectivity index (χ2n) is 7.75. The SMILES string of the molecule is CCc1cc2sc(C(C(N)=N[C@@H]3C[C@H](CO)[C@@H](O)[C@H]3O)=C(C)C)nc2c(CC)n1. The van der Waals surface area contributed by atoms with Gasteiger partial charge in [-0.3, -0.25) is 9.98 Å². The van der Waals surface area contributed by atoms with Crippen LogP contribution < -0.4 is 5.73 Å². The summed E-state index contributed by atoms with van der Waals surface area (Å²) in [7, 11) is 0. The van der Waals surface area contributed by atoms with E-state index in [1.165, 1.54) is 0 Å². The molecule has 2 heterocycles. The monoisotopic (exact) mass is 418 g/mol. The summed E-state index contributed by atoms with van der Waals surface area (Å²) >= 11 is 1.56. The highest BCUT2D eigenvalue weighted by molar-refractivity contribution is 7.19. The molecule has 4 atom stereocenters. The Kier molecular flexibility index (Phi) is 6.68. The summed E-state index contributed by atoms with van der Waals surface area (Å²) in [4.78, 5) is 14.0. The molecule has 1 aliphatic rings. The number of rotatable bonds is 6. The van der Waals surface area contributed by atoms with Crippen LogP contribution in [-0.4, -0.2) is 56.0 Å². The van der Waals surface area contributed by atoms with Gasteiger partial charge in [-0.05, 0) is 39.2 Å². The predicted molar refractivity (Wildman–Crippen MR) is 117 cm³/mol. The van der Waals surface area contributed by atoms with Crippen molar-refractivity contribution >= 4 is 33.0 Å². The molecule has 0 spiro atoms. The van der Waals surface area contributed by atoms with Crippen molar-refractivity contribution in [2.24, 2.45) is 16.6 Å². The molecule has 0 saturated heterocycles. The minimum atomic E-state index is -1.04. The zero-order valence-corrected chi connectivity index (χ0v) is 18.2. The molecule has 8 heteroatoms. The first-order valence-corrected chi connectivity index (χ1v) is 10.9. The van der Waals surface area contributed by atoms with Gasteiger partial charge in [-0.25, -0.2) is 4.98 Å². The van der Waals surface area contributed by atoms with Crippen molar-refractivity contribution in [1.82, 2.24) is 9.97 Å². The Balaban J connectivity index is 2.02. The number of hydrogen-bond acceptors (Lipinski definition) is 7. The highest BCUT2D eigenvalue weighted by atomic mass is 32.1. The highest BCUT2D eigenvalue weighted by Gasteiger charge is 2.41. The third-order valence-electron chi connectivity index (χ3n) is 5.48. The van der Waals surface area contributed by atoms with Crippen LogP contribution in [0.1, 0.15) is 50.5 Å². The van der Waals surface area contributed by atoms with Gasteiger partial charge in [0.05, 0.1) is 28.1 Å². The maximum absolute atomic E-state index is 10.3. The summed E-state index contributed by atoms with van der Waals surface area (Å²) in [6.45, 7) is 7.88. The highest BCUT2D eigenvalue weighted by Crippen LogP contribution is 2.33. The molecule has 2 aromatic heterocycles.